The molecule has 0 aromatic carbocycles. The monoisotopic (exact) mass is 126 g/mol. The molecule has 50 valence electrons. The van der Waals surface area contributed by atoms with Gasteiger partial charge in [-0.1, -0.05) is 12.2 Å². The van der Waals surface area contributed by atoms with Gasteiger partial charge in [0, 0.05) is 0 Å². The molecule has 0 saturated heterocycles. The molecule has 0 fully saturated rings. The maximum Gasteiger partial charge on any atom is 0.298 e. The van der Waals surface area contributed by atoms with E-state index in [1.54, 1.807) is 19.1 Å². The Bertz CT molecular complexity index is 134. The molecule has 0 N–H and O–H groups in total. The highest BCUT2D eigenvalue weighted by Gasteiger charge is 1.80. The van der Waals surface area contributed by atoms with Crippen LogP contribution in [0.2, 0.25) is 0 Å². The second kappa shape index (κ2) is 5.09. The number of rotatable bonds is 3. The van der Waals surface area contributed by atoms with Crippen molar-refractivity contribution in [2.24, 2.45) is 0 Å². The minimum atomic E-state index is 0.412. The van der Waals surface area contributed by atoms with E-state index in [2.05, 4.69) is 4.74 Å². The Morgan fingerprint density at radius 3 is 2.67 bits per heavy atom. The lowest BCUT2D eigenvalue weighted by atomic mass is 10.4. The van der Waals surface area contributed by atoms with E-state index in [-0.39, 0.29) is 0 Å². The zero-order valence-corrected chi connectivity index (χ0v) is 5.63. The number of hydrogen-bond donors (Lipinski definition) is 0. The van der Waals surface area contributed by atoms with E-state index in [4.69, 9.17) is 0 Å². The third-order valence-electron chi connectivity index (χ3n) is 0.757. The smallest absolute Gasteiger partial charge is 0.298 e. The average Bonchev–Trinajstić information content (AvgIpc) is 1.85. The predicted molar refractivity (Wildman–Crippen MR) is 35.7 cm³/mol. The van der Waals surface area contributed by atoms with E-state index in [0.717, 1.165) is 0 Å². The lowest BCUT2D eigenvalue weighted by Gasteiger charge is -1.90. The van der Waals surface area contributed by atoms with Crippen LogP contribution in [0, 0.1) is 0 Å². The van der Waals surface area contributed by atoms with Gasteiger partial charge in [-0.05, 0) is 19.9 Å². The van der Waals surface area contributed by atoms with Crippen LogP contribution in [0.1, 0.15) is 13.8 Å². The van der Waals surface area contributed by atoms with Crippen molar-refractivity contribution in [3.05, 3.63) is 24.0 Å². The minimum absolute atomic E-state index is 0.412. The first kappa shape index (κ1) is 7.95. The van der Waals surface area contributed by atoms with Gasteiger partial charge >= 0.3 is 0 Å². The number of carbonyl (C=O) groups excluding carboxylic acids is 1. The maximum atomic E-state index is 9.69. The summed E-state index contributed by atoms with van der Waals surface area (Å²) in [5.74, 6) is 0.600. The second-order valence-corrected chi connectivity index (χ2v) is 1.52. The van der Waals surface area contributed by atoms with E-state index in [9.17, 15) is 4.79 Å². The zero-order valence-electron chi connectivity index (χ0n) is 5.63. The highest BCUT2D eigenvalue weighted by molar-refractivity contribution is 5.39. The van der Waals surface area contributed by atoms with Crippen molar-refractivity contribution < 1.29 is 9.53 Å². The van der Waals surface area contributed by atoms with Crippen molar-refractivity contribution in [3.63, 3.8) is 0 Å². The summed E-state index contributed by atoms with van der Waals surface area (Å²) in [6.07, 6.45) is 5.38. The van der Waals surface area contributed by atoms with E-state index in [1.807, 2.05) is 13.0 Å². The van der Waals surface area contributed by atoms with Crippen LogP contribution in [0.4, 0.5) is 0 Å². The standard InChI is InChI=1S/C7H10O2/c1-3-4-5-7(2)9-6-8/h3-6H,1-2H3/b4-3+,7-5+. The lowest BCUT2D eigenvalue weighted by molar-refractivity contribution is -0.124. The van der Waals surface area contributed by atoms with Gasteiger partial charge in [-0.25, -0.2) is 0 Å². The average molecular weight is 126 g/mol. The van der Waals surface area contributed by atoms with E-state index < -0.39 is 0 Å². The fourth-order valence-corrected chi connectivity index (χ4v) is 0.347. The molecule has 0 atom stereocenters. The molecule has 2 heteroatoms. The fraction of sp³-hybridized carbons (Fsp3) is 0.286. The Hall–Kier alpha value is -1.05. The van der Waals surface area contributed by atoms with Gasteiger partial charge in [0.2, 0.25) is 0 Å². The van der Waals surface area contributed by atoms with Crippen LogP contribution in [-0.2, 0) is 9.53 Å². The number of carbonyl (C=O) groups is 1. The van der Waals surface area contributed by atoms with Gasteiger partial charge in [-0.2, -0.15) is 0 Å². The molecule has 0 heterocycles. The van der Waals surface area contributed by atoms with Crippen molar-refractivity contribution in [2.45, 2.75) is 13.8 Å². The van der Waals surface area contributed by atoms with Crippen LogP contribution in [0.25, 0.3) is 0 Å². The largest absolute Gasteiger partial charge is 0.434 e. The van der Waals surface area contributed by atoms with Crippen molar-refractivity contribution >= 4 is 6.47 Å². The van der Waals surface area contributed by atoms with Gasteiger partial charge < -0.3 is 4.74 Å². The Labute approximate surface area is 54.8 Å². The normalized spacial score (nSPS) is 12.0. The molecule has 0 radical (unpaired) electrons. The molecule has 0 spiro atoms. The van der Waals surface area contributed by atoms with Crippen LogP contribution in [-0.4, -0.2) is 6.47 Å². The molecule has 0 unspecified atom stereocenters. The molecule has 0 aromatic heterocycles. The fourth-order valence-electron chi connectivity index (χ4n) is 0.347. The van der Waals surface area contributed by atoms with Crippen LogP contribution in [0.15, 0.2) is 24.0 Å². The van der Waals surface area contributed by atoms with Crippen molar-refractivity contribution in [1.29, 1.82) is 0 Å². The SMILES string of the molecule is C/C=C/C=C(\C)OC=O. The molecule has 9 heavy (non-hydrogen) atoms. The third kappa shape index (κ3) is 4.81. The van der Waals surface area contributed by atoms with Crippen LogP contribution in [0.5, 0.6) is 0 Å². The summed E-state index contributed by atoms with van der Waals surface area (Å²) >= 11 is 0. The predicted octanol–water partition coefficient (Wildman–Crippen LogP) is 1.64. The first-order valence-electron chi connectivity index (χ1n) is 2.71. The first-order valence-corrected chi connectivity index (χ1v) is 2.71. The molecule has 0 saturated carbocycles. The second-order valence-electron chi connectivity index (χ2n) is 1.52. The van der Waals surface area contributed by atoms with Gasteiger partial charge in [0.05, 0.1) is 0 Å². The molecule has 0 rings (SSSR count). The Morgan fingerprint density at radius 2 is 2.22 bits per heavy atom. The maximum absolute atomic E-state index is 9.69. The van der Waals surface area contributed by atoms with Gasteiger partial charge in [0.15, 0.2) is 0 Å². The Balaban J connectivity index is 3.68. The van der Waals surface area contributed by atoms with Gasteiger partial charge in [-0.15, -0.1) is 0 Å². The quantitative estimate of drug-likeness (QED) is 0.326. The van der Waals surface area contributed by atoms with E-state index >= 15 is 0 Å². The van der Waals surface area contributed by atoms with E-state index in [1.165, 1.54) is 0 Å². The molecule has 0 aliphatic heterocycles. The van der Waals surface area contributed by atoms with Gasteiger partial charge in [0.1, 0.15) is 5.76 Å². The van der Waals surface area contributed by atoms with Crippen molar-refractivity contribution in [2.75, 3.05) is 0 Å². The Morgan fingerprint density at radius 1 is 1.56 bits per heavy atom. The molecule has 0 amide bonds. The first-order chi connectivity index (χ1) is 4.31. The summed E-state index contributed by atoms with van der Waals surface area (Å²) in [4.78, 5) is 9.69. The minimum Gasteiger partial charge on any atom is -0.434 e. The molecule has 0 bridgehead atoms. The van der Waals surface area contributed by atoms with Crippen molar-refractivity contribution in [3.8, 4) is 0 Å². The van der Waals surface area contributed by atoms with Crippen molar-refractivity contribution in [1.82, 2.24) is 0 Å². The summed E-state index contributed by atoms with van der Waals surface area (Å²) in [5, 5.41) is 0. The van der Waals surface area contributed by atoms with E-state index in [0.29, 0.717) is 12.2 Å². The summed E-state index contributed by atoms with van der Waals surface area (Å²) in [5.41, 5.74) is 0. The number of ether oxygens (including phenoxy) is 1. The zero-order chi connectivity index (χ0) is 7.11. The molecule has 0 aromatic rings. The summed E-state index contributed by atoms with van der Waals surface area (Å²) in [6.45, 7) is 4.02. The van der Waals surface area contributed by atoms with Gasteiger partial charge in [-0.3, -0.25) is 4.79 Å². The number of hydrogen-bond acceptors (Lipinski definition) is 2. The third-order valence-corrected chi connectivity index (χ3v) is 0.757. The summed E-state index contributed by atoms with van der Waals surface area (Å²) < 4.78 is 4.47. The molecule has 0 aliphatic rings. The molecular weight excluding hydrogens is 116 g/mol. The highest BCUT2D eigenvalue weighted by atomic mass is 16.5. The molecule has 2 nitrogen and oxygen atoms in total. The lowest BCUT2D eigenvalue weighted by Crippen LogP contribution is -1.81. The van der Waals surface area contributed by atoms with Crippen LogP contribution < -0.4 is 0 Å². The Kier molecular flexibility index (Phi) is 4.50. The summed E-state index contributed by atoms with van der Waals surface area (Å²) in [7, 11) is 0. The summed E-state index contributed by atoms with van der Waals surface area (Å²) in [6, 6.07) is 0. The van der Waals surface area contributed by atoms with Crippen LogP contribution in [0.3, 0.4) is 0 Å². The topological polar surface area (TPSA) is 26.3 Å². The molecule has 0 aliphatic carbocycles. The van der Waals surface area contributed by atoms with Gasteiger partial charge in [0.25, 0.3) is 6.47 Å². The number of allylic oxidation sites excluding steroid dienone is 4. The van der Waals surface area contributed by atoms with Crippen LogP contribution >= 0.6 is 0 Å². The highest BCUT2D eigenvalue weighted by Crippen LogP contribution is 1.91. The molecular formula is C7H10O2.